The van der Waals surface area contributed by atoms with E-state index in [9.17, 15) is 14.4 Å². The molecule has 1 aromatic heterocycles. The number of ether oxygens (including phenoxy) is 3. The molecule has 1 aliphatic rings. The van der Waals surface area contributed by atoms with Gasteiger partial charge in [-0.25, -0.2) is 4.79 Å². The van der Waals surface area contributed by atoms with Crippen molar-refractivity contribution in [3.63, 3.8) is 0 Å². The summed E-state index contributed by atoms with van der Waals surface area (Å²) in [6, 6.07) is 6.38. The molecule has 2 aromatic rings. The zero-order chi connectivity index (χ0) is 19.9. The lowest BCUT2D eigenvalue weighted by Gasteiger charge is -2.43. The van der Waals surface area contributed by atoms with Crippen molar-refractivity contribution < 1.29 is 28.2 Å². The molecule has 0 unspecified atom stereocenters. The molecule has 2 heterocycles. The van der Waals surface area contributed by atoms with Gasteiger partial charge in [-0.2, -0.15) is 0 Å². The summed E-state index contributed by atoms with van der Waals surface area (Å²) in [5, 5.41) is 0.641. The molecule has 0 saturated carbocycles. The normalized spacial score (nSPS) is 20.7. The molecular formula is C20H22O7. The van der Waals surface area contributed by atoms with Gasteiger partial charge in [-0.1, -0.05) is 13.8 Å². The van der Waals surface area contributed by atoms with E-state index in [0.717, 1.165) is 0 Å². The topological polar surface area (TPSA) is 92.0 Å². The SMILES string of the molecule is CC(=O)O[C@@H]1c2c(ccc3ccc(=O)oc23)OC(C)(C)[C@H]1OC(=O)C(C)C. The molecule has 0 fully saturated rings. The Balaban J connectivity index is 2.23. The number of rotatable bonds is 3. The predicted molar refractivity (Wildman–Crippen MR) is 96.4 cm³/mol. The van der Waals surface area contributed by atoms with Crippen LogP contribution in [0.3, 0.4) is 0 Å². The van der Waals surface area contributed by atoms with Gasteiger partial charge in [-0.05, 0) is 32.0 Å². The number of carbonyl (C=O) groups excluding carboxylic acids is 2. The van der Waals surface area contributed by atoms with Crippen LogP contribution < -0.4 is 10.4 Å². The van der Waals surface area contributed by atoms with Gasteiger partial charge in [0.2, 0.25) is 0 Å². The predicted octanol–water partition coefficient (Wildman–Crippen LogP) is 3.14. The fourth-order valence-corrected chi connectivity index (χ4v) is 3.12. The number of benzene rings is 1. The lowest BCUT2D eigenvalue weighted by molar-refractivity contribution is -0.191. The molecule has 144 valence electrons. The second kappa shape index (κ2) is 6.72. The summed E-state index contributed by atoms with van der Waals surface area (Å²) in [5.74, 6) is -0.959. The van der Waals surface area contributed by atoms with Crippen molar-refractivity contribution in [1.29, 1.82) is 0 Å². The quantitative estimate of drug-likeness (QED) is 0.602. The highest BCUT2D eigenvalue weighted by molar-refractivity contribution is 5.83. The van der Waals surface area contributed by atoms with Crippen molar-refractivity contribution in [3.8, 4) is 5.75 Å². The summed E-state index contributed by atoms with van der Waals surface area (Å²) in [4.78, 5) is 35.8. The highest BCUT2D eigenvalue weighted by Gasteiger charge is 2.50. The van der Waals surface area contributed by atoms with Gasteiger partial charge < -0.3 is 18.6 Å². The Kier molecular flexibility index (Phi) is 4.71. The maximum atomic E-state index is 12.3. The summed E-state index contributed by atoms with van der Waals surface area (Å²) in [5.41, 5.74) is -0.896. The largest absolute Gasteiger partial charge is 0.483 e. The van der Waals surface area contributed by atoms with Crippen molar-refractivity contribution >= 4 is 22.9 Å². The third-order valence-electron chi connectivity index (χ3n) is 4.41. The van der Waals surface area contributed by atoms with Gasteiger partial charge in [0, 0.05) is 18.4 Å². The average molecular weight is 374 g/mol. The Hall–Kier alpha value is -2.83. The van der Waals surface area contributed by atoms with E-state index in [4.69, 9.17) is 18.6 Å². The number of esters is 2. The van der Waals surface area contributed by atoms with Crippen molar-refractivity contribution in [3.05, 3.63) is 40.2 Å². The zero-order valence-corrected chi connectivity index (χ0v) is 15.9. The van der Waals surface area contributed by atoms with Crippen LogP contribution in [0.15, 0.2) is 33.5 Å². The molecular weight excluding hydrogens is 352 g/mol. The smallest absolute Gasteiger partial charge is 0.336 e. The minimum absolute atomic E-state index is 0.243. The first-order valence-corrected chi connectivity index (χ1v) is 8.73. The molecule has 1 aliphatic heterocycles. The molecule has 1 aromatic carbocycles. The van der Waals surface area contributed by atoms with Crippen molar-refractivity contribution in [2.75, 3.05) is 0 Å². The second-order valence-corrected chi connectivity index (χ2v) is 7.40. The Labute approximate surface area is 156 Å². The third kappa shape index (κ3) is 3.54. The van der Waals surface area contributed by atoms with E-state index in [1.807, 2.05) is 0 Å². The average Bonchev–Trinajstić information content (AvgIpc) is 2.56. The van der Waals surface area contributed by atoms with Crippen molar-refractivity contribution in [2.45, 2.75) is 52.4 Å². The summed E-state index contributed by atoms with van der Waals surface area (Å²) < 4.78 is 22.6. The van der Waals surface area contributed by atoms with E-state index < -0.39 is 35.4 Å². The first-order chi connectivity index (χ1) is 12.6. The minimum atomic E-state index is -0.974. The summed E-state index contributed by atoms with van der Waals surface area (Å²) in [7, 11) is 0. The molecule has 0 N–H and O–H groups in total. The summed E-state index contributed by atoms with van der Waals surface area (Å²) in [6.07, 6.45) is -1.89. The fraction of sp³-hybridized carbons (Fsp3) is 0.450. The molecule has 0 spiro atoms. The first kappa shape index (κ1) is 18.9. The van der Waals surface area contributed by atoms with Crippen molar-refractivity contribution in [1.82, 2.24) is 0 Å². The molecule has 0 radical (unpaired) electrons. The van der Waals surface area contributed by atoms with Gasteiger partial charge in [0.25, 0.3) is 0 Å². The monoisotopic (exact) mass is 374 g/mol. The molecule has 0 bridgehead atoms. The second-order valence-electron chi connectivity index (χ2n) is 7.40. The van der Waals surface area contributed by atoms with E-state index in [1.165, 1.54) is 13.0 Å². The molecule has 27 heavy (non-hydrogen) atoms. The van der Waals surface area contributed by atoms with Gasteiger partial charge in [0.05, 0.1) is 11.5 Å². The van der Waals surface area contributed by atoms with E-state index in [2.05, 4.69) is 0 Å². The highest BCUT2D eigenvalue weighted by Crippen LogP contribution is 2.46. The molecule has 0 amide bonds. The molecule has 7 nitrogen and oxygen atoms in total. The van der Waals surface area contributed by atoms with Crippen LogP contribution in [0.1, 0.15) is 46.3 Å². The van der Waals surface area contributed by atoms with Crippen LogP contribution in [0, 0.1) is 5.92 Å². The van der Waals surface area contributed by atoms with E-state index in [1.54, 1.807) is 45.9 Å². The Bertz CT molecular complexity index is 954. The van der Waals surface area contributed by atoms with E-state index in [-0.39, 0.29) is 11.5 Å². The maximum Gasteiger partial charge on any atom is 0.336 e. The lowest BCUT2D eigenvalue weighted by atomic mass is 9.87. The molecule has 2 atom stereocenters. The lowest BCUT2D eigenvalue weighted by Crippen LogP contribution is -2.52. The molecule has 7 heteroatoms. The van der Waals surface area contributed by atoms with Crippen LogP contribution in [-0.2, 0) is 19.1 Å². The summed E-state index contributed by atoms with van der Waals surface area (Å²) in [6.45, 7) is 8.18. The van der Waals surface area contributed by atoms with Gasteiger partial charge >= 0.3 is 17.6 Å². The van der Waals surface area contributed by atoms with Crippen LogP contribution in [0.5, 0.6) is 5.75 Å². The number of fused-ring (bicyclic) bond motifs is 3. The third-order valence-corrected chi connectivity index (χ3v) is 4.41. The minimum Gasteiger partial charge on any atom is -0.483 e. The Morgan fingerprint density at radius 1 is 1.11 bits per heavy atom. The Morgan fingerprint density at radius 3 is 2.41 bits per heavy atom. The van der Waals surface area contributed by atoms with Crippen LogP contribution in [0.25, 0.3) is 11.0 Å². The van der Waals surface area contributed by atoms with Crippen LogP contribution >= 0.6 is 0 Å². The van der Waals surface area contributed by atoms with Gasteiger partial charge in [0.15, 0.2) is 12.2 Å². The molecule has 0 aliphatic carbocycles. The summed E-state index contributed by atoms with van der Waals surface area (Å²) >= 11 is 0. The molecule has 0 saturated heterocycles. The zero-order valence-electron chi connectivity index (χ0n) is 15.9. The van der Waals surface area contributed by atoms with Crippen LogP contribution in [0.2, 0.25) is 0 Å². The number of hydrogen-bond acceptors (Lipinski definition) is 7. The Morgan fingerprint density at radius 2 is 1.78 bits per heavy atom. The standard InChI is InChI=1S/C20H22O7/c1-10(2)19(23)26-18-17(24-11(3)21)15-13(27-20(18,4)5)8-6-12-7-9-14(22)25-16(12)15/h6-10,17-18H,1-5H3/t17-,18+/m1/s1. The van der Waals surface area contributed by atoms with Crippen LogP contribution in [-0.4, -0.2) is 23.6 Å². The van der Waals surface area contributed by atoms with E-state index >= 15 is 0 Å². The first-order valence-electron chi connectivity index (χ1n) is 8.73. The van der Waals surface area contributed by atoms with Crippen molar-refractivity contribution in [2.24, 2.45) is 5.92 Å². The highest BCUT2D eigenvalue weighted by atomic mass is 16.6. The van der Waals surface area contributed by atoms with Crippen LogP contribution in [0.4, 0.5) is 0 Å². The fourth-order valence-electron chi connectivity index (χ4n) is 3.12. The maximum absolute atomic E-state index is 12.3. The molecule has 3 rings (SSSR count). The van der Waals surface area contributed by atoms with Gasteiger partial charge in [-0.3, -0.25) is 9.59 Å². The van der Waals surface area contributed by atoms with Gasteiger partial charge in [0.1, 0.15) is 16.9 Å². The number of hydrogen-bond donors (Lipinski definition) is 0. The van der Waals surface area contributed by atoms with E-state index in [0.29, 0.717) is 16.7 Å². The number of carbonyl (C=O) groups is 2. The van der Waals surface area contributed by atoms with Gasteiger partial charge in [-0.15, -0.1) is 0 Å².